The van der Waals surface area contributed by atoms with Crippen LogP contribution in [0.4, 0.5) is 0 Å². The molecule has 1 aliphatic carbocycles. The Balaban J connectivity index is 0.00000220. The summed E-state index contributed by atoms with van der Waals surface area (Å²) in [7, 11) is 0. The number of furan rings is 1. The average Bonchev–Trinajstić information content (AvgIpc) is 3.08. The molecule has 5 heteroatoms. The molecule has 2 N–H and O–H groups in total. The van der Waals surface area contributed by atoms with Gasteiger partial charge >= 0.3 is 0 Å². The second kappa shape index (κ2) is 9.87. The Kier molecular flexibility index (Phi) is 8.49. The highest BCUT2D eigenvalue weighted by Gasteiger charge is 2.11. The summed E-state index contributed by atoms with van der Waals surface area (Å²) in [4.78, 5) is 4.64. The van der Waals surface area contributed by atoms with Crippen LogP contribution in [0.3, 0.4) is 0 Å². The van der Waals surface area contributed by atoms with Gasteiger partial charge in [0.05, 0.1) is 6.26 Å². The molecule has 1 aromatic heterocycles. The van der Waals surface area contributed by atoms with Gasteiger partial charge in [0.1, 0.15) is 5.76 Å². The first-order chi connectivity index (χ1) is 9.74. The molecule has 21 heavy (non-hydrogen) atoms. The molecule has 0 aromatic carbocycles. The van der Waals surface area contributed by atoms with Crippen LogP contribution in [0.5, 0.6) is 0 Å². The van der Waals surface area contributed by atoms with Crippen LogP contribution in [0.1, 0.15) is 32.4 Å². The van der Waals surface area contributed by atoms with Gasteiger partial charge in [-0.3, -0.25) is 4.99 Å². The van der Waals surface area contributed by atoms with Gasteiger partial charge in [0.15, 0.2) is 5.96 Å². The maximum absolute atomic E-state index is 5.34. The Hall–Kier alpha value is -0.980. The van der Waals surface area contributed by atoms with Crippen LogP contribution in [-0.2, 0) is 6.42 Å². The third-order valence-corrected chi connectivity index (χ3v) is 3.21. The molecule has 4 nitrogen and oxygen atoms in total. The highest BCUT2D eigenvalue weighted by atomic mass is 127. The van der Waals surface area contributed by atoms with E-state index in [-0.39, 0.29) is 24.0 Å². The third-order valence-electron chi connectivity index (χ3n) is 3.21. The van der Waals surface area contributed by atoms with Gasteiger partial charge in [-0.1, -0.05) is 26.0 Å². The first-order valence-electron chi connectivity index (χ1n) is 7.46. The van der Waals surface area contributed by atoms with Crippen molar-refractivity contribution in [3.63, 3.8) is 0 Å². The lowest BCUT2D eigenvalue weighted by molar-refractivity contribution is 0.506. The molecule has 0 radical (unpaired) electrons. The minimum absolute atomic E-state index is 0. The summed E-state index contributed by atoms with van der Waals surface area (Å²) in [5.74, 6) is 2.49. The van der Waals surface area contributed by atoms with Crippen molar-refractivity contribution in [2.75, 3.05) is 13.1 Å². The highest BCUT2D eigenvalue weighted by molar-refractivity contribution is 14.0. The van der Waals surface area contributed by atoms with E-state index >= 15 is 0 Å². The fourth-order valence-electron chi connectivity index (χ4n) is 2.11. The van der Waals surface area contributed by atoms with Crippen molar-refractivity contribution in [3.8, 4) is 0 Å². The number of aliphatic imine (C=N–C) groups is 1. The van der Waals surface area contributed by atoms with Gasteiger partial charge in [0, 0.05) is 25.6 Å². The van der Waals surface area contributed by atoms with Crippen molar-refractivity contribution in [1.29, 1.82) is 0 Å². The van der Waals surface area contributed by atoms with Crippen LogP contribution in [-0.4, -0.2) is 25.1 Å². The summed E-state index contributed by atoms with van der Waals surface area (Å²) < 4.78 is 5.34. The molecule has 0 atom stereocenters. The molecule has 0 bridgehead atoms. The van der Waals surface area contributed by atoms with Crippen molar-refractivity contribution in [3.05, 3.63) is 36.3 Å². The van der Waals surface area contributed by atoms with Gasteiger partial charge in [-0.2, -0.15) is 0 Å². The highest BCUT2D eigenvalue weighted by Crippen LogP contribution is 2.08. The van der Waals surface area contributed by atoms with Crippen LogP contribution in [0.2, 0.25) is 0 Å². The molecule has 0 saturated carbocycles. The van der Waals surface area contributed by atoms with E-state index in [1.54, 1.807) is 6.26 Å². The Bertz CT molecular complexity index is 432. The molecule has 118 valence electrons. The smallest absolute Gasteiger partial charge is 0.191 e. The average molecular weight is 403 g/mol. The molecule has 1 heterocycles. The Morgan fingerprint density at radius 3 is 2.76 bits per heavy atom. The topological polar surface area (TPSA) is 49.6 Å². The molecule has 0 saturated heterocycles. The third kappa shape index (κ3) is 7.02. The summed E-state index contributed by atoms with van der Waals surface area (Å²) in [6.45, 7) is 6.04. The van der Waals surface area contributed by atoms with Gasteiger partial charge in [0.2, 0.25) is 0 Å². The van der Waals surface area contributed by atoms with E-state index in [1.807, 2.05) is 12.1 Å². The second-order valence-corrected chi connectivity index (χ2v) is 5.62. The van der Waals surface area contributed by atoms with Gasteiger partial charge in [-0.05, 0) is 30.9 Å². The lowest BCUT2D eigenvalue weighted by atomic mass is 10.2. The molecule has 0 amide bonds. The fraction of sp³-hybridized carbons (Fsp3) is 0.562. The maximum atomic E-state index is 5.34. The summed E-state index contributed by atoms with van der Waals surface area (Å²) in [6, 6.07) is 4.41. The standard InChI is InChI=1S/C16H25N3O.HI/c1-13(2)12-18-16(19-14-6-3-4-7-14)17-10-9-15-8-5-11-20-15;/h3-5,8,11,13-14H,6-7,9-10,12H2,1-2H3,(H2,17,18,19);1H. The molecular formula is C16H26IN3O. The van der Waals surface area contributed by atoms with Gasteiger partial charge in [-0.25, -0.2) is 0 Å². The molecule has 0 spiro atoms. The van der Waals surface area contributed by atoms with Crippen LogP contribution in [0, 0.1) is 5.92 Å². The summed E-state index contributed by atoms with van der Waals surface area (Å²) >= 11 is 0. The van der Waals surface area contributed by atoms with E-state index in [2.05, 4.69) is 41.6 Å². The fourth-order valence-corrected chi connectivity index (χ4v) is 2.11. The monoisotopic (exact) mass is 403 g/mol. The van der Waals surface area contributed by atoms with E-state index in [9.17, 15) is 0 Å². The minimum atomic E-state index is 0. The van der Waals surface area contributed by atoms with E-state index < -0.39 is 0 Å². The van der Waals surface area contributed by atoms with E-state index in [4.69, 9.17) is 4.42 Å². The number of rotatable bonds is 6. The van der Waals surface area contributed by atoms with Crippen molar-refractivity contribution < 1.29 is 4.42 Å². The SMILES string of the molecule is CC(C)CN=C(NCCc1ccco1)NC1CC=CC1.I. The minimum Gasteiger partial charge on any atom is -0.469 e. The van der Waals surface area contributed by atoms with E-state index in [0.29, 0.717) is 12.0 Å². The lowest BCUT2D eigenvalue weighted by Crippen LogP contribution is -2.43. The summed E-state index contributed by atoms with van der Waals surface area (Å²) in [5.41, 5.74) is 0. The predicted molar refractivity (Wildman–Crippen MR) is 98.3 cm³/mol. The van der Waals surface area contributed by atoms with E-state index in [1.165, 1.54) is 0 Å². The van der Waals surface area contributed by atoms with Crippen LogP contribution in [0.15, 0.2) is 40.0 Å². The normalized spacial score (nSPS) is 15.3. The zero-order valence-corrected chi connectivity index (χ0v) is 15.2. The quantitative estimate of drug-likeness (QED) is 0.332. The molecule has 0 fully saturated rings. The lowest BCUT2D eigenvalue weighted by Gasteiger charge is -2.17. The summed E-state index contributed by atoms with van der Waals surface area (Å²) in [6.07, 6.45) is 9.20. The maximum Gasteiger partial charge on any atom is 0.191 e. The first-order valence-corrected chi connectivity index (χ1v) is 7.46. The first kappa shape index (κ1) is 18.1. The number of nitrogens with zero attached hydrogens (tertiary/aromatic N) is 1. The number of nitrogens with one attached hydrogen (secondary N) is 2. The number of hydrogen-bond donors (Lipinski definition) is 2. The number of hydrogen-bond acceptors (Lipinski definition) is 2. The second-order valence-electron chi connectivity index (χ2n) is 5.62. The molecule has 0 aliphatic heterocycles. The Labute approximate surface area is 144 Å². The molecule has 0 unspecified atom stereocenters. The Morgan fingerprint density at radius 2 is 2.14 bits per heavy atom. The number of halogens is 1. The van der Waals surface area contributed by atoms with E-state index in [0.717, 1.165) is 44.1 Å². The molecule has 1 aliphatic rings. The predicted octanol–water partition coefficient (Wildman–Crippen LogP) is 3.35. The van der Waals surface area contributed by atoms with Crippen LogP contribution >= 0.6 is 24.0 Å². The molecular weight excluding hydrogens is 377 g/mol. The van der Waals surface area contributed by atoms with Crippen LogP contribution in [0.25, 0.3) is 0 Å². The Morgan fingerprint density at radius 1 is 1.38 bits per heavy atom. The van der Waals surface area contributed by atoms with Crippen molar-refractivity contribution >= 4 is 29.9 Å². The van der Waals surface area contributed by atoms with Gasteiger partial charge < -0.3 is 15.1 Å². The largest absolute Gasteiger partial charge is 0.469 e. The van der Waals surface area contributed by atoms with Crippen molar-refractivity contribution in [2.24, 2.45) is 10.9 Å². The molecule has 1 aromatic rings. The van der Waals surface area contributed by atoms with Crippen LogP contribution < -0.4 is 10.6 Å². The van der Waals surface area contributed by atoms with Crippen molar-refractivity contribution in [2.45, 2.75) is 39.2 Å². The number of guanidine groups is 1. The summed E-state index contributed by atoms with van der Waals surface area (Å²) in [5, 5.41) is 6.89. The zero-order valence-electron chi connectivity index (χ0n) is 12.8. The molecule has 2 rings (SSSR count). The zero-order chi connectivity index (χ0) is 14.2. The van der Waals surface area contributed by atoms with Crippen molar-refractivity contribution in [1.82, 2.24) is 10.6 Å². The van der Waals surface area contributed by atoms with Gasteiger partial charge in [0.25, 0.3) is 0 Å². The van der Waals surface area contributed by atoms with Gasteiger partial charge in [-0.15, -0.1) is 24.0 Å².